The van der Waals surface area contributed by atoms with Gasteiger partial charge in [0.1, 0.15) is 0 Å². The largest absolute Gasteiger partial charge is 0.399 e. The Morgan fingerprint density at radius 3 is 2.35 bits per heavy atom. The summed E-state index contributed by atoms with van der Waals surface area (Å²) in [5.41, 5.74) is 6.02. The zero-order valence-corrected chi connectivity index (χ0v) is 10.9. The van der Waals surface area contributed by atoms with Gasteiger partial charge in [-0.25, -0.2) is 0 Å². The molecule has 0 aliphatic carbocycles. The number of hydrogen-bond acceptors (Lipinski definition) is 4. The third-order valence-corrected chi connectivity index (χ3v) is 3.73. The highest BCUT2D eigenvalue weighted by Gasteiger charge is 2.14. The van der Waals surface area contributed by atoms with Gasteiger partial charge in [0.15, 0.2) is 0 Å². The van der Waals surface area contributed by atoms with Gasteiger partial charge in [-0.2, -0.15) is 8.42 Å². The molecule has 1 aromatic carbocycles. The zero-order valence-electron chi connectivity index (χ0n) is 10.1. The fourth-order valence-electron chi connectivity index (χ4n) is 1.40. The summed E-state index contributed by atoms with van der Waals surface area (Å²) >= 11 is 0. The molecule has 1 rings (SSSR count). The molecular formula is C12H19NO3S. The lowest BCUT2D eigenvalue weighted by molar-refractivity contribution is 0.307. The highest BCUT2D eigenvalue weighted by molar-refractivity contribution is 7.86. The van der Waals surface area contributed by atoms with E-state index in [1.165, 1.54) is 12.1 Å². The molecule has 0 bridgehead atoms. The molecule has 0 saturated heterocycles. The predicted molar refractivity (Wildman–Crippen MR) is 68.1 cm³/mol. The lowest BCUT2D eigenvalue weighted by atomic mass is 10.2. The van der Waals surface area contributed by atoms with Crippen molar-refractivity contribution in [2.24, 2.45) is 0 Å². The average molecular weight is 257 g/mol. The smallest absolute Gasteiger partial charge is 0.296 e. The van der Waals surface area contributed by atoms with Crippen molar-refractivity contribution in [3.8, 4) is 0 Å². The van der Waals surface area contributed by atoms with Gasteiger partial charge in [0, 0.05) is 5.69 Å². The van der Waals surface area contributed by atoms with Crippen molar-refractivity contribution >= 4 is 15.8 Å². The number of anilines is 1. The van der Waals surface area contributed by atoms with Crippen LogP contribution in [0.3, 0.4) is 0 Å². The van der Waals surface area contributed by atoms with Gasteiger partial charge >= 0.3 is 0 Å². The number of rotatable bonds is 7. The quantitative estimate of drug-likeness (QED) is 0.463. The normalized spacial score (nSPS) is 11.6. The topological polar surface area (TPSA) is 69.4 Å². The average Bonchev–Trinajstić information content (AvgIpc) is 2.29. The van der Waals surface area contributed by atoms with Gasteiger partial charge < -0.3 is 5.73 Å². The van der Waals surface area contributed by atoms with E-state index in [1.54, 1.807) is 12.1 Å². The molecule has 0 heterocycles. The van der Waals surface area contributed by atoms with Gasteiger partial charge in [0.2, 0.25) is 0 Å². The van der Waals surface area contributed by atoms with Crippen molar-refractivity contribution in [3.05, 3.63) is 24.3 Å². The van der Waals surface area contributed by atoms with Crippen molar-refractivity contribution in [2.75, 3.05) is 12.3 Å². The first-order chi connectivity index (χ1) is 8.06. The summed E-state index contributed by atoms with van der Waals surface area (Å²) in [4.78, 5) is 0.155. The van der Waals surface area contributed by atoms with Crippen LogP contribution >= 0.6 is 0 Å². The SMILES string of the molecule is CCCCCCOS(=O)(=O)c1ccc(N)cc1. The van der Waals surface area contributed by atoms with E-state index in [0.29, 0.717) is 5.69 Å². The molecule has 0 saturated carbocycles. The minimum atomic E-state index is -3.62. The van der Waals surface area contributed by atoms with E-state index in [9.17, 15) is 8.42 Å². The van der Waals surface area contributed by atoms with Crippen molar-refractivity contribution in [1.29, 1.82) is 0 Å². The molecule has 0 unspecified atom stereocenters. The Hall–Kier alpha value is -1.07. The first-order valence-electron chi connectivity index (χ1n) is 5.81. The summed E-state index contributed by atoms with van der Waals surface area (Å²) in [5.74, 6) is 0. The van der Waals surface area contributed by atoms with E-state index < -0.39 is 10.1 Å². The highest BCUT2D eigenvalue weighted by Crippen LogP contribution is 2.14. The van der Waals surface area contributed by atoms with Crippen LogP contribution in [0.1, 0.15) is 32.6 Å². The molecule has 0 aromatic heterocycles. The molecule has 1 aromatic rings. The van der Waals surface area contributed by atoms with Crippen LogP contribution in [0.2, 0.25) is 0 Å². The van der Waals surface area contributed by atoms with E-state index in [-0.39, 0.29) is 11.5 Å². The first kappa shape index (κ1) is 14.0. The Bertz CT molecular complexity index is 426. The number of unbranched alkanes of at least 4 members (excludes halogenated alkanes) is 3. The molecule has 4 nitrogen and oxygen atoms in total. The van der Waals surface area contributed by atoms with Crippen LogP contribution in [0.5, 0.6) is 0 Å². The molecule has 0 radical (unpaired) electrons. The van der Waals surface area contributed by atoms with Crippen LogP contribution in [-0.2, 0) is 14.3 Å². The second-order valence-electron chi connectivity index (χ2n) is 3.91. The van der Waals surface area contributed by atoms with Gasteiger partial charge in [-0.1, -0.05) is 26.2 Å². The molecule has 0 fully saturated rings. The monoisotopic (exact) mass is 257 g/mol. The van der Waals surface area contributed by atoms with Crippen LogP contribution in [-0.4, -0.2) is 15.0 Å². The van der Waals surface area contributed by atoms with Crippen LogP contribution in [0.4, 0.5) is 5.69 Å². The summed E-state index contributed by atoms with van der Waals surface area (Å²) in [7, 11) is -3.62. The minimum absolute atomic E-state index is 0.155. The number of benzene rings is 1. The van der Waals surface area contributed by atoms with Gasteiger partial charge in [0.25, 0.3) is 10.1 Å². The summed E-state index contributed by atoms with van der Waals surface area (Å²) in [6, 6.07) is 6.01. The second-order valence-corrected chi connectivity index (χ2v) is 5.52. The maximum Gasteiger partial charge on any atom is 0.296 e. The molecule has 0 spiro atoms. The van der Waals surface area contributed by atoms with E-state index in [0.717, 1.165) is 25.7 Å². The molecule has 96 valence electrons. The Labute approximate surface area is 103 Å². The van der Waals surface area contributed by atoms with E-state index in [2.05, 4.69) is 6.92 Å². The summed E-state index contributed by atoms with van der Waals surface area (Å²) in [6.45, 7) is 2.35. The van der Waals surface area contributed by atoms with Crippen LogP contribution in [0, 0.1) is 0 Å². The first-order valence-corrected chi connectivity index (χ1v) is 7.22. The fourth-order valence-corrected chi connectivity index (χ4v) is 2.34. The molecule has 0 aliphatic heterocycles. The van der Waals surface area contributed by atoms with Gasteiger partial charge in [-0.3, -0.25) is 4.18 Å². The molecule has 0 aliphatic rings. The standard InChI is InChI=1S/C12H19NO3S/c1-2-3-4-5-10-16-17(14,15)12-8-6-11(13)7-9-12/h6-9H,2-5,10,13H2,1H3. The number of nitrogens with two attached hydrogens (primary N) is 1. The Morgan fingerprint density at radius 1 is 1.12 bits per heavy atom. The van der Waals surface area contributed by atoms with Crippen molar-refractivity contribution < 1.29 is 12.6 Å². The minimum Gasteiger partial charge on any atom is -0.399 e. The Morgan fingerprint density at radius 2 is 1.76 bits per heavy atom. The third kappa shape index (κ3) is 4.75. The van der Waals surface area contributed by atoms with Crippen molar-refractivity contribution in [3.63, 3.8) is 0 Å². The summed E-state index contributed by atoms with van der Waals surface area (Å²) in [6.07, 6.45) is 3.98. The second kappa shape index (κ2) is 6.61. The van der Waals surface area contributed by atoms with Crippen molar-refractivity contribution in [2.45, 2.75) is 37.5 Å². The Balaban J connectivity index is 2.48. The third-order valence-electron chi connectivity index (χ3n) is 2.41. The van der Waals surface area contributed by atoms with Gasteiger partial charge in [-0.15, -0.1) is 0 Å². The van der Waals surface area contributed by atoms with Gasteiger partial charge in [-0.05, 0) is 30.7 Å². The Kier molecular flexibility index (Phi) is 5.44. The number of nitrogen functional groups attached to an aromatic ring is 1. The summed E-state index contributed by atoms with van der Waals surface area (Å²) < 4.78 is 28.4. The highest BCUT2D eigenvalue weighted by atomic mass is 32.2. The maximum absolute atomic E-state index is 11.7. The molecule has 2 N–H and O–H groups in total. The maximum atomic E-state index is 11.7. The molecule has 5 heteroatoms. The lowest BCUT2D eigenvalue weighted by Crippen LogP contribution is -2.07. The van der Waals surface area contributed by atoms with E-state index in [1.807, 2.05) is 0 Å². The van der Waals surface area contributed by atoms with Crippen LogP contribution in [0.15, 0.2) is 29.2 Å². The molecule has 0 atom stereocenters. The zero-order chi connectivity index (χ0) is 12.7. The fraction of sp³-hybridized carbons (Fsp3) is 0.500. The lowest BCUT2D eigenvalue weighted by Gasteiger charge is -2.05. The van der Waals surface area contributed by atoms with E-state index in [4.69, 9.17) is 9.92 Å². The molecule has 0 amide bonds. The van der Waals surface area contributed by atoms with E-state index >= 15 is 0 Å². The molecule has 17 heavy (non-hydrogen) atoms. The van der Waals surface area contributed by atoms with Crippen LogP contribution in [0.25, 0.3) is 0 Å². The number of hydrogen-bond donors (Lipinski definition) is 1. The van der Waals surface area contributed by atoms with Crippen LogP contribution < -0.4 is 5.73 Å². The van der Waals surface area contributed by atoms with Gasteiger partial charge in [0.05, 0.1) is 11.5 Å². The molecular weight excluding hydrogens is 238 g/mol. The summed E-state index contributed by atoms with van der Waals surface area (Å²) in [5, 5.41) is 0. The van der Waals surface area contributed by atoms with Crippen molar-refractivity contribution in [1.82, 2.24) is 0 Å². The predicted octanol–water partition coefficient (Wildman–Crippen LogP) is 2.55.